The Morgan fingerprint density at radius 1 is 0.889 bits per heavy atom. The third-order valence-electron chi connectivity index (χ3n) is 7.68. The van der Waals surface area contributed by atoms with Gasteiger partial charge in [0, 0.05) is 46.1 Å². The fraction of sp³-hybridized carbons (Fsp3) is 0.625. The van der Waals surface area contributed by atoms with Gasteiger partial charge in [-0.05, 0) is 36.8 Å². The van der Waals surface area contributed by atoms with Crippen molar-refractivity contribution >= 4 is 35.6 Å². The van der Waals surface area contributed by atoms with Crippen LogP contribution in [-0.4, -0.2) is 86.5 Å². The van der Waals surface area contributed by atoms with Gasteiger partial charge in [0.25, 0.3) is 0 Å². The Bertz CT molecular complexity index is 1260. The van der Waals surface area contributed by atoms with E-state index >= 15 is 0 Å². The number of nitrogens with one attached hydrogen (secondary N) is 1. The lowest BCUT2D eigenvalue weighted by atomic mass is 9.88. The number of amides is 1. The second kappa shape index (κ2) is 17.1. The van der Waals surface area contributed by atoms with Crippen LogP contribution >= 0.6 is 0 Å². The normalized spacial score (nSPS) is 22.4. The molecule has 0 bridgehead atoms. The van der Waals surface area contributed by atoms with Crippen molar-refractivity contribution in [3.63, 3.8) is 0 Å². The second-order valence-corrected chi connectivity index (χ2v) is 11.1. The number of benzene rings is 1. The molecule has 2 aliphatic heterocycles. The molecule has 5 atom stereocenters. The summed E-state index contributed by atoms with van der Waals surface area (Å²) in [6.45, 7) is 8.05. The summed E-state index contributed by atoms with van der Waals surface area (Å²) in [5.74, 6) is -2.96. The highest BCUT2D eigenvalue weighted by atomic mass is 16.7. The minimum absolute atomic E-state index is 0.0687. The summed E-state index contributed by atoms with van der Waals surface area (Å²) in [4.78, 5) is 71.7. The highest BCUT2D eigenvalue weighted by Crippen LogP contribution is 2.30. The van der Waals surface area contributed by atoms with E-state index in [1.807, 2.05) is 19.1 Å². The largest absolute Gasteiger partial charge is 0.463 e. The lowest BCUT2D eigenvalue weighted by Crippen LogP contribution is -2.62. The predicted molar refractivity (Wildman–Crippen MR) is 157 cm³/mol. The lowest BCUT2D eigenvalue weighted by molar-refractivity contribution is -0.264. The summed E-state index contributed by atoms with van der Waals surface area (Å²) < 4.78 is 32.8. The molecular formula is C32H43NO12. The molecule has 45 heavy (non-hydrogen) atoms. The molecule has 13 heteroatoms. The maximum absolute atomic E-state index is 12.4. The molecule has 1 N–H and O–H groups in total. The molecule has 1 amide bonds. The van der Waals surface area contributed by atoms with E-state index in [9.17, 15) is 28.8 Å². The smallest absolute Gasteiger partial charge is 0.347 e. The van der Waals surface area contributed by atoms with Crippen LogP contribution in [-0.2, 0) is 60.4 Å². The minimum Gasteiger partial charge on any atom is -0.463 e. The number of hydrogen-bond acceptors (Lipinski definition) is 12. The number of fused-ring (bicyclic) bond motifs is 1. The number of Topliss-reactive ketones (excluding diaryl/α,β-unsaturated/α-hetero) is 1. The quantitative estimate of drug-likeness (QED) is 0.115. The zero-order chi connectivity index (χ0) is 33.1. The Balaban J connectivity index is 1.40. The summed E-state index contributed by atoms with van der Waals surface area (Å²) in [6.07, 6.45) is 0.314. The molecule has 0 aromatic heterocycles. The van der Waals surface area contributed by atoms with Gasteiger partial charge in [0.15, 0.2) is 6.29 Å². The van der Waals surface area contributed by atoms with E-state index in [4.69, 9.17) is 28.4 Å². The topological polar surface area (TPSA) is 170 Å². The standard InChI is InChI=1S/C32H43NO12/c1-6-22-12-13-23(27-26(22)30(38)45-31(27)39)9-7-10-24(37)11-8-14-40-15-16-41-32-28(33-19(3)34)18(2)29(43-21(5)36)25(44-32)17-42-20(4)35/h12-13,18,25,28-29,32H,6-11,14-17H2,1-5H3,(H,33,34). The molecule has 2 aliphatic rings. The Morgan fingerprint density at radius 3 is 2.20 bits per heavy atom. The zero-order valence-electron chi connectivity index (χ0n) is 26.5. The number of ether oxygens (including phenoxy) is 6. The fourth-order valence-corrected chi connectivity index (χ4v) is 5.55. The number of esters is 4. The first-order valence-electron chi connectivity index (χ1n) is 15.3. The number of ketones is 1. The molecule has 1 fully saturated rings. The molecule has 1 aromatic carbocycles. The fourth-order valence-electron chi connectivity index (χ4n) is 5.55. The van der Waals surface area contributed by atoms with Crippen LogP contribution in [0.25, 0.3) is 0 Å². The maximum atomic E-state index is 12.4. The third-order valence-corrected chi connectivity index (χ3v) is 7.68. The van der Waals surface area contributed by atoms with Crippen molar-refractivity contribution in [2.24, 2.45) is 5.92 Å². The van der Waals surface area contributed by atoms with Crippen LogP contribution in [0.4, 0.5) is 0 Å². The Morgan fingerprint density at radius 2 is 1.56 bits per heavy atom. The lowest BCUT2D eigenvalue weighted by Gasteiger charge is -2.44. The molecular weight excluding hydrogens is 590 g/mol. The van der Waals surface area contributed by atoms with Crippen molar-refractivity contribution in [1.82, 2.24) is 5.32 Å². The number of rotatable bonds is 17. The van der Waals surface area contributed by atoms with Gasteiger partial charge in [0.1, 0.15) is 24.6 Å². The monoisotopic (exact) mass is 633 g/mol. The van der Waals surface area contributed by atoms with Crippen molar-refractivity contribution < 1.29 is 57.2 Å². The summed E-state index contributed by atoms with van der Waals surface area (Å²) in [6, 6.07) is 3.02. The van der Waals surface area contributed by atoms with E-state index < -0.39 is 54.3 Å². The van der Waals surface area contributed by atoms with Crippen LogP contribution in [0.1, 0.15) is 92.1 Å². The van der Waals surface area contributed by atoms with Gasteiger partial charge in [-0.2, -0.15) is 0 Å². The zero-order valence-corrected chi connectivity index (χ0v) is 26.5. The van der Waals surface area contributed by atoms with Crippen LogP contribution in [0.2, 0.25) is 0 Å². The summed E-state index contributed by atoms with van der Waals surface area (Å²) in [5.41, 5.74) is 2.15. The number of carbonyl (C=O) groups is 6. The van der Waals surface area contributed by atoms with E-state index in [0.717, 1.165) is 5.56 Å². The van der Waals surface area contributed by atoms with Gasteiger partial charge < -0.3 is 33.7 Å². The predicted octanol–water partition coefficient (Wildman–Crippen LogP) is 2.63. The number of aryl methyl sites for hydroxylation is 2. The highest BCUT2D eigenvalue weighted by Gasteiger charge is 2.47. The van der Waals surface area contributed by atoms with Gasteiger partial charge in [0.05, 0.1) is 30.4 Å². The van der Waals surface area contributed by atoms with Crippen LogP contribution in [0.15, 0.2) is 12.1 Å². The van der Waals surface area contributed by atoms with Crippen LogP contribution in [0.3, 0.4) is 0 Å². The van der Waals surface area contributed by atoms with Gasteiger partial charge in [-0.25, -0.2) is 9.59 Å². The van der Waals surface area contributed by atoms with Gasteiger partial charge in [0.2, 0.25) is 5.91 Å². The van der Waals surface area contributed by atoms with Crippen molar-refractivity contribution in [2.45, 2.75) is 97.7 Å². The van der Waals surface area contributed by atoms with Gasteiger partial charge in [-0.3, -0.25) is 19.2 Å². The molecule has 2 heterocycles. The van der Waals surface area contributed by atoms with E-state index in [0.29, 0.717) is 61.8 Å². The SMILES string of the molecule is CCc1ccc(CCCC(=O)CCCOCCOC2OC(COC(C)=O)C(OC(C)=O)C(C)C2NC(C)=O)c2c1C(=O)OC2=O. The Hall–Kier alpha value is -3.68. The van der Waals surface area contributed by atoms with Crippen LogP contribution < -0.4 is 5.32 Å². The second-order valence-electron chi connectivity index (χ2n) is 11.1. The molecule has 0 radical (unpaired) electrons. The Kier molecular flexibility index (Phi) is 13.6. The minimum atomic E-state index is -0.916. The molecule has 1 saturated heterocycles. The van der Waals surface area contributed by atoms with Crippen LogP contribution in [0.5, 0.6) is 0 Å². The third kappa shape index (κ3) is 10.2. The van der Waals surface area contributed by atoms with E-state index in [-0.39, 0.29) is 31.5 Å². The molecule has 0 saturated carbocycles. The average Bonchev–Trinajstić information content (AvgIpc) is 3.28. The van der Waals surface area contributed by atoms with Crippen molar-refractivity contribution in [1.29, 1.82) is 0 Å². The number of carbonyl (C=O) groups excluding carboxylic acids is 6. The average molecular weight is 634 g/mol. The molecule has 248 valence electrons. The highest BCUT2D eigenvalue weighted by molar-refractivity contribution is 6.16. The van der Waals surface area contributed by atoms with E-state index in [1.54, 1.807) is 6.92 Å². The molecule has 0 aliphatic carbocycles. The first-order chi connectivity index (χ1) is 21.4. The molecule has 1 aromatic rings. The summed E-state index contributed by atoms with van der Waals surface area (Å²) in [7, 11) is 0. The molecule has 13 nitrogen and oxygen atoms in total. The summed E-state index contributed by atoms with van der Waals surface area (Å²) in [5, 5.41) is 2.79. The van der Waals surface area contributed by atoms with Crippen molar-refractivity contribution in [2.75, 3.05) is 26.4 Å². The van der Waals surface area contributed by atoms with Gasteiger partial charge in [-0.1, -0.05) is 26.0 Å². The van der Waals surface area contributed by atoms with Crippen LogP contribution in [0, 0.1) is 5.92 Å². The van der Waals surface area contributed by atoms with Crippen molar-refractivity contribution in [3.8, 4) is 0 Å². The van der Waals surface area contributed by atoms with Crippen molar-refractivity contribution in [3.05, 3.63) is 34.4 Å². The maximum Gasteiger partial charge on any atom is 0.347 e. The Labute approximate surface area is 262 Å². The van der Waals surface area contributed by atoms with E-state index in [1.165, 1.54) is 20.8 Å². The van der Waals surface area contributed by atoms with E-state index in [2.05, 4.69) is 5.32 Å². The first-order valence-corrected chi connectivity index (χ1v) is 15.3. The molecule has 3 rings (SSSR count). The first kappa shape index (κ1) is 35.8. The molecule has 5 unspecified atom stereocenters. The summed E-state index contributed by atoms with van der Waals surface area (Å²) >= 11 is 0. The van der Waals surface area contributed by atoms with Gasteiger partial charge >= 0.3 is 23.9 Å². The number of hydrogen-bond donors (Lipinski definition) is 1. The van der Waals surface area contributed by atoms with Gasteiger partial charge in [-0.15, -0.1) is 0 Å². The molecule has 0 spiro atoms. The number of cyclic esters (lactones) is 2.